The highest BCUT2D eigenvalue weighted by Gasteiger charge is 2.23. The summed E-state index contributed by atoms with van der Waals surface area (Å²) < 4.78 is 5.50. The van der Waals surface area contributed by atoms with Crippen LogP contribution in [0.2, 0.25) is 0 Å². The Kier molecular flexibility index (Phi) is 12.6. The van der Waals surface area contributed by atoms with Gasteiger partial charge in [-0.3, -0.25) is 14.6 Å². The molecule has 1 saturated heterocycles. The predicted octanol–water partition coefficient (Wildman–Crippen LogP) is 4.53. The number of nitrogens with zero attached hydrogens (tertiary/aromatic N) is 2. The molecule has 0 aliphatic carbocycles. The summed E-state index contributed by atoms with van der Waals surface area (Å²) in [5.74, 6) is -0.689. The molecule has 0 saturated carbocycles. The maximum Gasteiger partial charge on any atom is 0.326 e. The number of unbranched alkanes of at least 4 members (excludes halogenated alkanes) is 1. The van der Waals surface area contributed by atoms with Crippen LogP contribution in [-0.2, 0) is 16.1 Å². The summed E-state index contributed by atoms with van der Waals surface area (Å²) in [6.07, 6.45) is 4.60. The number of aliphatic carboxylic acids is 1. The van der Waals surface area contributed by atoms with Crippen LogP contribution in [0.4, 0.5) is 0 Å². The summed E-state index contributed by atoms with van der Waals surface area (Å²) in [5, 5.41) is 12.4. The fourth-order valence-corrected chi connectivity index (χ4v) is 5.20. The molecule has 0 aromatic heterocycles. The van der Waals surface area contributed by atoms with Gasteiger partial charge in [0.2, 0.25) is 0 Å². The van der Waals surface area contributed by atoms with Crippen molar-refractivity contribution in [3.05, 3.63) is 59.2 Å². The number of aryl methyl sites for hydroxylation is 1. The summed E-state index contributed by atoms with van der Waals surface area (Å²) in [6, 6.07) is 13.1. The summed E-state index contributed by atoms with van der Waals surface area (Å²) in [4.78, 5) is 30.1. The molecule has 2 aromatic rings. The molecule has 2 N–H and O–H groups in total. The van der Waals surface area contributed by atoms with E-state index in [0.29, 0.717) is 17.7 Å². The first-order chi connectivity index (χ1) is 18.4. The highest BCUT2D eigenvalue weighted by Crippen LogP contribution is 2.29. The standard InChI is InChI=1S/C30H43N3O4S/c1-4-5-13-33(15-14-32-16-18-37-19-17-32)22-24-10-11-26(27(21-24)25-9-7-6-8-23(25)2)29(34)31-28(30(35)36)12-20-38-3/h6-11,21,28H,4-5,12-20,22H2,1-3H3,(H,31,34)(H,35,36)/t28-/m0/s1. The fourth-order valence-electron chi connectivity index (χ4n) is 4.73. The second kappa shape index (κ2) is 15.9. The van der Waals surface area contributed by atoms with E-state index in [0.717, 1.165) is 87.6 Å². The quantitative estimate of drug-likeness (QED) is 0.343. The minimum Gasteiger partial charge on any atom is -0.480 e. The van der Waals surface area contributed by atoms with Gasteiger partial charge in [-0.05, 0) is 72.7 Å². The van der Waals surface area contributed by atoms with Gasteiger partial charge in [0.25, 0.3) is 5.91 Å². The van der Waals surface area contributed by atoms with Crippen molar-refractivity contribution in [1.29, 1.82) is 0 Å². The van der Waals surface area contributed by atoms with Crippen molar-refractivity contribution in [2.24, 2.45) is 0 Å². The molecule has 8 heteroatoms. The molecule has 1 aliphatic rings. The normalized spacial score (nSPS) is 14.9. The number of morpholine rings is 1. The lowest BCUT2D eigenvalue weighted by molar-refractivity contribution is -0.139. The minimum absolute atomic E-state index is 0.349. The molecule has 208 valence electrons. The van der Waals surface area contributed by atoms with E-state index in [1.54, 1.807) is 11.8 Å². The average molecular weight is 542 g/mol. The van der Waals surface area contributed by atoms with Crippen LogP contribution in [0, 0.1) is 6.92 Å². The summed E-state index contributed by atoms with van der Waals surface area (Å²) in [7, 11) is 0. The van der Waals surface area contributed by atoms with E-state index in [1.165, 1.54) is 0 Å². The molecule has 38 heavy (non-hydrogen) atoms. The van der Waals surface area contributed by atoms with E-state index in [9.17, 15) is 14.7 Å². The van der Waals surface area contributed by atoms with Crippen LogP contribution in [0.1, 0.15) is 47.7 Å². The first-order valence-corrected chi connectivity index (χ1v) is 15.1. The van der Waals surface area contributed by atoms with Crippen molar-refractivity contribution in [2.75, 3.05) is 57.9 Å². The van der Waals surface area contributed by atoms with E-state index in [4.69, 9.17) is 4.74 Å². The van der Waals surface area contributed by atoms with Gasteiger partial charge in [0, 0.05) is 38.3 Å². The molecule has 1 heterocycles. The number of rotatable bonds is 15. The molecular weight excluding hydrogens is 498 g/mol. The minimum atomic E-state index is -1.01. The van der Waals surface area contributed by atoms with E-state index >= 15 is 0 Å². The number of ether oxygens (including phenoxy) is 1. The van der Waals surface area contributed by atoms with Crippen LogP contribution >= 0.6 is 11.8 Å². The Morgan fingerprint density at radius 1 is 1.13 bits per heavy atom. The van der Waals surface area contributed by atoms with E-state index in [1.807, 2.05) is 49.6 Å². The number of amides is 1. The molecule has 0 radical (unpaired) electrons. The van der Waals surface area contributed by atoms with Gasteiger partial charge in [-0.25, -0.2) is 4.79 Å². The summed E-state index contributed by atoms with van der Waals surface area (Å²) in [5.41, 5.74) is 4.56. The number of nitrogens with one attached hydrogen (secondary N) is 1. The zero-order valence-electron chi connectivity index (χ0n) is 23.1. The average Bonchev–Trinajstić information content (AvgIpc) is 2.93. The molecule has 1 fully saturated rings. The number of thioether (sulfide) groups is 1. The number of hydrogen-bond donors (Lipinski definition) is 2. The molecule has 1 amide bonds. The van der Waals surface area contributed by atoms with Crippen molar-refractivity contribution in [3.63, 3.8) is 0 Å². The molecule has 0 unspecified atom stereocenters. The lowest BCUT2D eigenvalue weighted by Gasteiger charge is -2.30. The smallest absolute Gasteiger partial charge is 0.326 e. The molecule has 2 aromatic carbocycles. The van der Waals surface area contributed by atoms with Crippen LogP contribution in [0.5, 0.6) is 0 Å². The van der Waals surface area contributed by atoms with Crippen LogP contribution < -0.4 is 5.32 Å². The maximum atomic E-state index is 13.4. The van der Waals surface area contributed by atoms with Crippen LogP contribution in [0.3, 0.4) is 0 Å². The van der Waals surface area contributed by atoms with Gasteiger partial charge < -0.3 is 15.2 Å². The number of carbonyl (C=O) groups excluding carboxylic acids is 1. The molecule has 0 spiro atoms. The number of benzene rings is 2. The van der Waals surface area contributed by atoms with Gasteiger partial charge in [0.1, 0.15) is 6.04 Å². The third kappa shape index (κ3) is 9.12. The van der Waals surface area contributed by atoms with Gasteiger partial charge in [-0.1, -0.05) is 43.7 Å². The summed E-state index contributed by atoms with van der Waals surface area (Å²) in [6.45, 7) is 11.7. The van der Waals surface area contributed by atoms with E-state index in [2.05, 4.69) is 28.1 Å². The van der Waals surface area contributed by atoms with Crippen molar-refractivity contribution in [2.45, 2.75) is 45.7 Å². The number of carbonyl (C=O) groups is 2. The van der Waals surface area contributed by atoms with Gasteiger partial charge >= 0.3 is 5.97 Å². The zero-order chi connectivity index (χ0) is 27.3. The highest BCUT2D eigenvalue weighted by molar-refractivity contribution is 7.98. The summed E-state index contributed by atoms with van der Waals surface area (Å²) >= 11 is 1.57. The number of carboxylic acids is 1. The van der Waals surface area contributed by atoms with Crippen LogP contribution in [0.25, 0.3) is 11.1 Å². The molecule has 1 atom stereocenters. The van der Waals surface area contributed by atoms with E-state index in [-0.39, 0.29) is 5.91 Å². The first-order valence-electron chi connectivity index (χ1n) is 13.7. The third-order valence-corrected chi connectivity index (χ3v) is 7.69. The molecule has 7 nitrogen and oxygen atoms in total. The van der Waals surface area contributed by atoms with Crippen LogP contribution in [-0.4, -0.2) is 90.8 Å². The predicted molar refractivity (Wildman–Crippen MR) is 156 cm³/mol. The van der Waals surface area contributed by atoms with Gasteiger partial charge in [-0.15, -0.1) is 0 Å². The fraction of sp³-hybridized carbons (Fsp3) is 0.533. The molecular formula is C30H43N3O4S. The van der Waals surface area contributed by atoms with Crippen molar-refractivity contribution >= 4 is 23.6 Å². The lowest BCUT2D eigenvalue weighted by Crippen LogP contribution is -2.41. The maximum absolute atomic E-state index is 13.4. The number of carboxylic acid groups (broad SMARTS) is 1. The second-order valence-electron chi connectivity index (χ2n) is 9.92. The Morgan fingerprint density at radius 2 is 1.89 bits per heavy atom. The Morgan fingerprint density at radius 3 is 2.58 bits per heavy atom. The SMILES string of the molecule is CCCCN(CCN1CCOCC1)Cc1ccc(C(=O)N[C@@H](CCSC)C(=O)O)c(-c2ccccc2C)c1. The Balaban J connectivity index is 1.85. The van der Waals surface area contributed by atoms with Crippen molar-refractivity contribution in [1.82, 2.24) is 15.1 Å². The Labute approximate surface area is 231 Å². The van der Waals surface area contributed by atoms with Crippen molar-refractivity contribution in [3.8, 4) is 11.1 Å². The van der Waals surface area contributed by atoms with Gasteiger partial charge in [0.05, 0.1) is 13.2 Å². The van der Waals surface area contributed by atoms with Crippen molar-refractivity contribution < 1.29 is 19.4 Å². The van der Waals surface area contributed by atoms with E-state index < -0.39 is 12.0 Å². The largest absolute Gasteiger partial charge is 0.480 e. The third-order valence-electron chi connectivity index (χ3n) is 7.05. The second-order valence-corrected chi connectivity index (χ2v) is 10.9. The topological polar surface area (TPSA) is 82.1 Å². The molecule has 3 rings (SSSR count). The lowest BCUT2D eigenvalue weighted by atomic mass is 9.93. The van der Waals surface area contributed by atoms with Gasteiger partial charge in [0.15, 0.2) is 0 Å². The highest BCUT2D eigenvalue weighted by atomic mass is 32.2. The number of hydrogen-bond acceptors (Lipinski definition) is 6. The Hall–Kier alpha value is -2.39. The zero-order valence-corrected chi connectivity index (χ0v) is 23.9. The monoisotopic (exact) mass is 541 g/mol. The van der Waals surface area contributed by atoms with Crippen LogP contribution in [0.15, 0.2) is 42.5 Å². The molecule has 0 bridgehead atoms. The molecule has 1 aliphatic heterocycles. The van der Waals surface area contributed by atoms with Gasteiger partial charge in [-0.2, -0.15) is 11.8 Å². The Bertz CT molecular complexity index is 1040. The first kappa shape index (κ1) is 30.2.